The van der Waals surface area contributed by atoms with Crippen molar-refractivity contribution in [2.75, 3.05) is 6.54 Å². The second-order valence-corrected chi connectivity index (χ2v) is 4.16. The molecule has 0 bridgehead atoms. The molecule has 1 atom stereocenters. The van der Waals surface area contributed by atoms with Crippen LogP contribution in [-0.2, 0) is 4.79 Å². The van der Waals surface area contributed by atoms with Crippen LogP contribution in [0.2, 0.25) is 0 Å². The number of hydrogen-bond acceptors (Lipinski definition) is 2. The summed E-state index contributed by atoms with van der Waals surface area (Å²) in [5.41, 5.74) is 7.10. The van der Waals surface area contributed by atoms with E-state index in [1.54, 1.807) is 0 Å². The van der Waals surface area contributed by atoms with Crippen LogP contribution in [0.3, 0.4) is 0 Å². The molecule has 0 aliphatic heterocycles. The van der Waals surface area contributed by atoms with Crippen LogP contribution in [0.25, 0.3) is 0 Å². The highest BCUT2D eigenvalue weighted by molar-refractivity contribution is 5.81. The molecule has 3 N–H and O–H groups in total. The Kier molecular flexibility index (Phi) is 5.40. The molecule has 0 heterocycles. The van der Waals surface area contributed by atoms with Crippen molar-refractivity contribution in [3.8, 4) is 0 Å². The van der Waals surface area contributed by atoms with Gasteiger partial charge in [0.05, 0.1) is 6.04 Å². The molecule has 15 heavy (non-hydrogen) atoms. The molecule has 1 aliphatic carbocycles. The SMILES string of the molecule is CC[C@@H](N)C(=O)NCCC1=CCCCC1. The van der Waals surface area contributed by atoms with Crippen molar-refractivity contribution < 1.29 is 4.79 Å². The van der Waals surface area contributed by atoms with Crippen LogP contribution in [0, 0.1) is 0 Å². The summed E-state index contributed by atoms with van der Waals surface area (Å²) in [5.74, 6) is -0.0195. The first kappa shape index (κ1) is 12.2. The van der Waals surface area contributed by atoms with Gasteiger partial charge in [-0.1, -0.05) is 18.6 Å². The Balaban J connectivity index is 2.15. The molecule has 1 rings (SSSR count). The van der Waals surface area contributed by atoms with Gasteiger partial charge in [0.25, 0.3) is 0 Å². The van der Waals surface area contributed by atoms with Crippen LogP contribution in [-0.4, -0.2) is 18.5 Å². The summed E-state index contributed by atoms with van der Waals surface area (Å²) in [6, 6.07) is -0.342. The highest BCUT2D eigenvalue weighted by atomic mass is 16.2. The summed E-state index contributed by atoms with van der Waals surface area (Å²) in [5, 5.41) is 2.88. The van der Waals surface area contributed by atoms with E-state index in [1.165, 1.54) is 31.3 Å². The van der Waals surface area contributed by atoms with Crippen molar-refractivity contribution in [1.29, 1.82) is 0 Å². The van der Waals surface area contributed by atoms with Crippen molar-refractivity contribution in [3.63, 3.8) is 0 Å². The second-order valence-electron chi connectivity index (χ2n) is 4.16. The third-order valence-electron chi connectivity index (χ3n) is 2.91. The first-order valence-electron chi connectivity index (χ1n) is 5.95. The van der Waals surface area contributed by atoms with Gasteiger partial charge in [0, 0.05) is 6.54 Å². The fourth-order valence-electron chi connectivity index (χ4n) is 1.79. The predicted molar refractivity (Wildman–Crippen MR) is 62.4 cm³/mol. The van der Waals surface area contributed by atoms with Gasteiger partial charge in [0.15, 0.2) is 0 Å². The molecule has 0 aromatic heterocycles. The maximum Gasteiger partial charge on any atom is 0.236 e. The van der Waals surface area contributed by atoms with E-state index in [2.05, 4.69) is 11.4 Å². The molecule has 0 radical (unpaired) electrons. The molecule has 0 aromatic carbocycles. The molecule has 0 unspecified atom stereocenters. The second kappa shape index (κ2) is 6.62. The van der Waals surface area contributed by atoms with Crippen LogP contribution in [0.5, 0.6) is 0 Å². The lowest BCUT2D eigenvalue weighted by Crippen LogP contribution is -2.40. The largest absolute Gasteiger partial charge is 0.354 e. The normalized spacial score (nSPS) is 18.1. The maximum atomic E-state index is 11.4. The topological polar surface area (TPSA) is 55.1 Å². The minimum atomic E-state index is -0.342. The number of amides is 1. The fraction of sp³-hybridized carbons (Fsp3) is 0.750. The van der Waals surface area contributed by atoms with E-state index >= 15 is 0 Å². The smallest absolute Gasteiger partial charge is 0.236 e. The summed E-state index contributed by atoms with van der Waals surface area (Å²) in [4.78, 5) is 11.4. The lowest BCUT2D eigenvalue weighted by atomic mass is 9.97. The van der Waals surface area contributed by atoms with E-state index in [0.29, 0.717) is 6.42 Å². The predicted octanol–water partition coefficient (Wildman–Crippen LogP) is 1.73. The van der Waals surface area contributed by atoms with E-state index in [4.69, 9.17) is 5.73 Å². The zero-order valence-electron chi connectivity index (χ0n) is 9.59. The summed E-state index contributed by atoms with van der Waals surface area (Å²) >= 11 is 0. The number of nitrogens with one attached hydrogen (secondary N) is 1. The summed E-state index contributed by atoms with van der Waals surface area (Å²) in [6.07, 6.45) is 9.03. The highest BCUT2D eigenvalue weighted by Crippen LogP contribution is 2.19. The number of allylic oxidation sites excluding steroid dienone is 1. The minimum Gasteiger partial charge on any atom is -0.354 e. The van der Waals surface area contributed by atoms with Crippen molar-refractivity contribution in [3.05, 3.63) is 11.6 Å². The monoisotopic (exact) mass is 210 g/mol. The van der Waals surface area contributed by atoms with Crippen LogP contribution in [0.4, 0.5) is 0 Å². The minimum absolute atomic E-state index is 0.0195. The highest BCUT2D eigenvalue weighted by Gasteiger charge is 2.10. The fourth-order valence-corrected chi connectivity index (χ4v) is 1.79. The van der Waals surface area contributed by atoms with Gasteiger partial charge in [0.2, 0.25) is 5.91 Å². The van der Waals surface area contributed by atoms with Gasteiger partial charge in [-0.25, -0.2) is 0 Å². The number of nitrogens with two attached hydrogens (primary N) is 1. The standard InChI is InChI=1S/C12H22N2O/c1-2-11(13)12(15)14-9-8-10-6-4-3-5-7-10/h6,11H,2-5,7-9,13H2,1H3,(H,14,15)/t11-/m1/s1. The van der Waals surface area contributed by atoms with Gasteiger partial charge < -0.3 is 11.1 Å². The van der Waals surface area contributed by atoms with Gasteiger partial charge in [-0.05, 0) is 38.5 Å². The Morgan fingerprint density at radius 1 is 1.60 bits per heavy atom. The van der Waals surface area contributed by atoms with Crippen molar-refractivity contribution in [1.82, 2.24) is 5.32 Å². The number of hydrogen-bond donors (Lipinski definition) is 2. The lowest BCUT2D eigenvalue weighted by molar-refractivity contribution is -0.122. The summed E-state index contributed by atoms with van der Waals surface area (Å²) in [6.45, 7) is 2.66. The molecule has 0 aromatic rings. The summed E-state index contributed by atoms with van der Waals surface area (Å²) < 4.78 is 0. The molecule has 3 nitrogen and oxygen atoms in total. The average Bonchev–Trinajstić information content (AvgIpc) is 2.29. The Morgan fingerprint density at radius 2 is 2.40 bits per heavy atom. The van der Waals surface area contributed by atoms with Crippen LogP contribution < -0.4 is 11.1 Å². The molecule has 0 saturated carbocycles. The molecule has 0 fully saturated rings. The average molecular weight is 210 g/mol. The van der Waals surface area contributed by atoms with Gasteiger partial charge in [-0.3, -0.25) is 4.79 Å². The molecule has 86 valence electrons. The number of rotatable bonds is 5. The molecule has 3 heteroatoms. The molecule has 1 amide bonds. The van der Waals surface area contributed by atoms with E-state index in [-0.39, 0.29) is 11.9 Å². The van der Waals surface area contributed by atoms with Crippen LogP contribution in [0.1, 0.15) is 45.4 Å². The van der Waals surface area contributed by atoms with Crippen molar-refractivity contribution in [2.45, 2.75) is 51.5 Å². The van der Waals surface area contributed by atoms with Gasteiger partial charge in [-0.15, -0.1) is 0 Å². The molecule has 0 spiro atoms. The molecular weight excluding hydrogens is 188 g/mol. The molecular formula is C12H22N2O. The van der Waals surface area contributed by atoms with E-state index in [0.717, 1.165) is 13.0 Å². The number of carbonyl (C=O) groups is 1. The van der Waals surface area contributed by atoms with E-state index in [9.17, 15) is 4.79 Å². The van der Waals surface area contributed by atoms with Crippen LogP contribution >= 0.6 is 0 Å². The van der Waals surface area contributed by atoms with Gasteiger partial charge in [0.1, 0.15) is 0 Å². The quantitative estimate of drug-likeness (QED) is 0.679. The van der Waals surface area contributed by atoms with Gasteiger partial charge in [-0.2, -0.15) is 0 Å². The Bertz CT molecular complexity index is 236. The van der Waals surface area contributed by atoms with Crippen molar-refractivity contribution in [2.24, 2.45) is 5.73 Å². The third kappa shape index (κ3) is 4.47. The van der Waals surface area contributed by atoms with Crippen LogP contribution in [0.15, 0.2) is 11.6 Å². The summed E-state index contributed by atoms with van der Waals surface area (Å²) in [7, 11) is 0. The van der Waals surface area contributed by atoms with E-state index < -0.39 is 0 Å². The Labute approximate surface area is 92.1 Å². The molecule has 1 aliphatic rings. The Hall–Kier alpha value is -0.830. The zero-order chi connectivity index (χ0) is 11.1. The van der Waals surface area contributed by atoms with E-state index in [1.807, 2.05) is 6.92 Å². The first-order chi connectivity index (χ1) is 7.24. The third-order valence-corrected chi connectivity index (χ3v) is 2.91. The molecule has 0 saturated heterocycles. The maximum absolute atomic E-state index is 11.4. The Morgan fingerprint density at radius 3 is 3.00 bits per heavy atom. The van der Waals surface area contributed by atoms with Gasteiger partial charge >= 0.3 is 0 Å². The zero-order valence-corrected chi connectivity index (χ0v) is 9.59. The first-order valence-corrected chi connectivity index (χ1v) is 5.95. The van der Waals surface area contributed by atoms with Crippen molar-refractivity contribution >= 4 is 5.91 Å². The number of carbonyl (C=O) groups excluding carboxylic acids is 1. The lowest BCUT2D eigenvalue weighted by Gasteiger charge is -2.14.